The summed E-state index contributed by atoms with van der Waals surface area (Å²) in [6.45, 7) is 1.82. The summed E-state index contributed by atoms with van der Waals surface area (Å²) in [5.74, 6) is -1.47. The van der Waals surface area contributed by atoms with E-state index in [9.17, 15) is 13.6 Å². The highest BCUT2D eigenvalue weighted by atomic mass is 32.2. The van der Waals surface area contributed by atoms with Crippen LogP contribution in [0.25, 0.3) is 0 Å². The van der Waals surface area contributed by atoms with Crippen molar-refractivity contribution >= 4 is 22.8 Å². The molecule has 4 nitrogen and oxygen atoms in total. The van der Waals surface area contributed by atoms with Crippen LogP contribution in [0.4, 0.5) is 8.78 Å². The van der Waals surface area contributed by atoms with Crippen LogP contribution in [0.3, 0.4) is 0 Å². The molecule has 2 heterocycles. The standard InChI is InChI=1S/C16H13F2N3OS/c1-16(11-4-6-19-7-5-11)14(22)21-15(23-16)20-9-10-2-3-12(17)8-13(10)18/h2-8H,9H2,1H3,(H,20,21,22). The maximum absolute atomic E-state index is 13.6. The minimum atomic E-state index is -0.802. The zero-order valence-electron chi connectivity index (χ0n) is 12.2. The smallest absolute Gasteiger partial charge is 0.246 e. The lowest BCUT2D eigenvalue weighted by Crippen LogP contribution is -2.31. The van der Waals surface area contributed by atoms with Crippen molar-refractivity contribution in [3.8, 4) is 0 Å². The fourth-order valence-electron chi connectivity index (χ4n) is 2.22. The van der Waals surface area contributed by atoms with Crippen LogP contribution in [0.1, 0.15) is 18.1 Å². The first-order valence-corrected chi connectivity index (χ1v) is 7.70. The highest BCUT2D eigenvalue weighted by Gasteiger charge is 2.43. The Kier molecular flexibility index (Phi) is 4.12. The summed E-state index contributed by atoms with van der Waals surface area (Å²) in [7, 11) is 0. The largest absolute Gasteiger partial charge is 0.304 e. The first kappa shape index (κ1) is 15.6. The summed E-state index contributed by atoms with van der Waals surface area (Å²) in [5.41, 5.74) is 1.08. The number of halogens is 2. The third-order valence-electron chi connectivity index (χ3n) is 3.59. The van der Waals surface area contributed by atoms with E-state index in [4.69, 9.17) is 0 Å². The number of aliphatic imine (C=N–C) groups is 1. The van der Waals surface area contributed by atoms with Gasteiger partial charge in [-0.05, 0) is 30.7 Å². The number of thioether (sulfide) groups is 1. The van der Waals surface area contributed by atoms with Crippen LogP contribution in [0.15, 0.2) is 47.7 Å². The number of amides is 1. The first-order chi connectivity index (χ1) is 11.0. The molecule has 23 heavy (non-hydrogen) atoms. The van der Waals surface area contributed by atoms with E-state index in [0.29, 0.717) is 5.17 Å². The average Bonchev–Trinajstić information content (AvgIpc) is 2.83. The predicted octanol–water partition coefficient (Wildman–Crippen LogP) is 2.99. The number of pyridine rings is 1. The van der Waals surface area contributed by atoms with E-state index in [1.54, 1.807) is 31.5 Å². The molecule has 0 bridgehead atoms. The Morgan fingerprint density at radius 1 is 1.26 bits per heavy atom. The van der Waals surface area contributed by atoms with Gasteiger partial charge in [0.2, 0.25) is 5.91 Å². The SMILES string of the molecule is CC1(c2ccncc2)SC(=NCc2ccc(F)cc2F)NC1=O. The van der Waals surface area contributed by atoms with Gasteiger partial charge in [0.15, 0.2) is 5.17 Å². The number of benzene rings is 1. The molecule has 1 aliphatic rings. The Morgan fingerprint density at radius 2 is 2.00 bits per heavy atom. The van der Waals surface area contributed by atoms with Crippen LogP contribution >= 0.6 is 11.8 Å². The fourth-order valence-corrected chi connectivity index (χ4v) is 3.28. The van der Waals surface area contributed by atoms with E-state index in [1.165, 1.54) is 23.9 Å². The lowest BCUT2D eigenvalue weighted by molar-refractivity contribution is -0.121. The van der Waals surface area contributed by atoms with Crippen molar-refractivity contribution in [1.29, 1.82) is 0 Å². The second kappa shape index (κ2) is 6.08. The number of carbonyl (C=O) groups is 1. The zero-order valence-corrected chi connectivity index (χ0v) is 13.0. The Balaban J connectivity index is 1.79. The Morgan fingerprint density at radius 3 is 2.70 bits per heavy atom. The minimum Gasteiger partial charge on any atom is -0.304 e. The summed E-state index contributed by atoms with van der Waals surface area (Å²) < 4.78 is 25.7. The van der Waals surface area contributed by atoms with Crippen molar-refractivity contribution in [2.45, 2.75) is 18.2 Å². The molecule has 3 rings (SSSR count). The molecule has 1 saturated heterocycles. The number of nitrogens with one attached hydrogen (secondary N) is 1. The molecule has 7 heteroatoms. The molecule has 0 spiro atoms. The molecular formula is C16H13F2N3OS. The average molecular weight is 333 g/mol. The van der Waals surface area contributed by atoms with Crippen molar-refractivity contribution in [3.63, 3.8) is 0 Å². The molecule has 0 saturated carbocycles. The van der Waals surface area contributed by atoms with Gasteiger partial charge < -0.3 is 5.32 Å². The van der Waals surface area contributed by atoms with Crippen LogP contribution in [0.2, 0.25) is 0 Å². The fraction of sp³-hybridized carbons (Fsp3) is 0.188. The van der Waals surface area contributed by atoms with Crippen molar-refractivity contribution in [3.05, 3.63) is 65.5 Å². The summed E-state index contributed by atoms with van der Waals surface area (Å²) in [6.07, 6.45) is 3.24. The van der Waals surface area contributed by atoms with Gasteiger partial charge in [-0.25, -0.2) is 8.78 Å². The summed E-state index contributed by atoms with van der Waals surface area (Å²) in [4.78, 5) is 20.4. The van der Waals surface area contributed by atoms with Crippen LogP contribution < -0.4 is 5.32 Å². The number of aromatic nitrogens is 1. The minimum absolute atomic E-state index is 0.0289. The topological polar surface area (TPSA) is 54.4 Å². The van der Waals surface area contributed by atoms with Gasteiger partial charge in [0, 0.05) is 24.0 Å². The van der Waals surface area contributed by atoms with Crippen molar-refractivity contribution in [2.75, 3.05) is 0 Å². The quantitative estimate of drug-likeness (QED) is 0.939. The normalized spacial score (nSPS) is 22.4. The van der Waals surface area contributed by atoms with Crippen LogP contribution in [-0.4, -0.2) is 16.1 Å². The lowest BCUT2D eigenvalue weighted by atomic mass is 10.0. The molecule has 0 aliphatic carbocycles. The molecule has 1 amide bonds. The molecular weight excluding hydrogens is 320 g/mol. The molecule has 1 aliphatic heterocycles. The predicted molar refractivity (Wildman–Crippen MR) is 84.8 cm³/mol. The van der Waals surface area contributed by atoms with Crippen molar-refractivity contribution in [2.24, 2.45) is 4.99 Å². The Bertz CT molecular complexity index is 782. The van der Waals surface area contributed by atoms with Crippen LogP contribution in [0, 0.1) is 11.6 Å². The molecule has 1 fully saturated rings. The maximum atomic E-state index is 13.6. The third-order valence-corrected chi connectivity index (χ3v) is 4.85. The molecule has 1 aromatic carbocycles. The van der Waals surface area contributed by atoms with Gasteiger partial charge in [-0.15, -0.1) is 0 Å². The van der Waals surface area contributed by atoms with E-state index in [-0.39, 0.29) is 18.0 Å². The summed E-state index contributed by atoms with van der Waals surface area (Å²) in [5, 5.41) is 3.12. The molecule has 1 N–H and O–H groups in total. The number of amidine groups is 1. The van der Waals surface area contributed by atoms with Gasteiger partial charge in [-0.1, -0.05) is 17.8 Å². The molecule has 1 aromatic heterocycles. The molecule has 1 unspecified atom stereocenters. The zero-order chi connectivity index (χ0) is 16.4. The van der Waals surface area contributed by atoms with Gasteiger partial charge in [-0.2, -0.15) is 0 Å². The number of hydrogen-bond acceptors (Lipinski definition) is 4. The van der Waals surface area contributed by atoms with E-state index >= 15 is 0 Å². The number of rotatable bonds is 3. The van der Waals surface area contributed by atoms with Gasteiger partial charge in [0.05, 0.1) is 6.54 Å². The van der Waals surface area contributed by atoms with Gasteiger partial charge in [0.1, 0.15) is 16.4 Å². The molecule has 118 valence electrons. The second-order valence-electron chi connectivity index (χ2n) is 5.18. The second-order valence-corrected chi connectivity index (χ2v) is 6.59. The van der Waals surface area contributed by atoms with Gasteiger partial charge in [0.25, 0.3) is 0 Å². The summed E-state index contributed by atoms with van der Waals surface area (Å²) in [6, 6.07) is 6.89. The van der Waals surface area contributed by atoms with Gasteiger partial charge >= 0.3 is 0 Å². The Hall–Kier alpha value is -2.28. The number of carbonyl (C=O) groups excluding carboxylic acids is 1. The Labute approximate surface area is 136 Å². The van der Waals surface area contributed by atoms with Crippen LogP contribution in [0.5, 0.6) is 0 Å². The highest BCUT2D eigenvalue weighted by Crippen LogP contribution is 2.40. The van der Waals surface area contributed by atoms with Crippen LogP contribution in [-0.2, 0) is 16.1 Å². The molecule has 1 atom stereocenters. The number of nitrogens with zero attached hydrogens (tertiary/aromatic N) is 2. The van der Waals surface area contributed by atoms with Crippen molar-refractivity contribution < 1.29 is 13.6 Å². The third kappa shape index (κ3) is 3.10. The van der Waals surface area contributed by atoms with E-state index in [1.807, 2.05) is 0 Å². The van der Waals surface area contributed by atoms with Crippen molar-refractivity contribution in [1.82, 2.24) is 10.3 Å². The van der Waals surface area contributed by atoms with E-state index in [0.717, 1.165) is 11.6 Å². The lowest BCUT2D eigenvalue weighted by Gasteiger charge is -2.18. The van der Waals surface area contributed by atoms with Gasteiger partial charge in [-0.3, -0.25) is 14.8 Å². The monoisotopic (exact) mass is 333 g/mol. The first-order valence-electron chi connectivity index (χ1n) is 6.88. The van der Waals surface area contributed by atoms with E-state index < -0.39 is 16.4 Å². The number of hydrogen-bond donors (Lipinski definition) is 1. The molecule has 2 aromatic rings. The van der Waals surface area contributed by atoms with E-state index in [2.05, 4.69) is 15.3 Å². The molecule has 0 radical (unpaired) electrons. The maximum Gasteiger partial charge on any atom is 0.246 e. The summed E-state index contributed by atoms with van der Waals surface area (Å²) >= 11 is 1.27. The highest BCUT2D eigenvalue weighted by molar-refractivity contribution is 8.15.